The third-order valence-electron chi connectivity index (χ3n) is 4.71. The smallest absolute Gasteiger partial charge is 0.257 e. The number of hydrogen-bond donors (Lipinski definition) is 1. The zero-order valence-electron chi connectivity index (χ0n) is 13.9. The van der Waals surface area contributed by atoms with Crippen molar-refractivity contribution in [3.8, 4) is 11.5 Å². The fourth-order valence-corrected chi connectivity index (χ4v) is 3.16. The van der Waals surface area contributed by atoms with Gasteiger partial charge in [-0.15, -0.1) is 0 Å². The molecule has 1 saturated carbocycles. The number of rotatable bonds is 5. The second kappa shape index (κ2) is 6.66. The van der Waals surface area contributed by atoms with Crippen molar-refractivity contribution in [3.05, 3.63) is 36.2 Å². The van der Waals surface area contributed by atoms with Crippen LogP contribution >= 0.6 is 0 Å². The van der Waals surface area contributed by atoms with Crippen molar-refractivity contribution < 1.29 is 14.1 Å². The molecule has 1 aromatic carbocycles. The van der Waals surface area contributed by atoms with Crippen LogP contribution in [-0.2, 0) is 16.1 Å². The summed E-state index contributed by atoms with van der Waals surface area (Å²) < 4.78 is 5.23. The molecule has 0 spiro atoms. The fourth-order valence-electron chi connectivity index (χ4n) is 3.16. The third-order valence-corrected chi connectivity index (χ3v) is 4.71. The van der Waals surface area contributed by atoms with Gasteiger partial charge in [-0.2, -0.15) is 4.98 Å². The summed E-state index contributed by atoms with van der Waals surface area (Å²) in [5.74, 6) is 0.853. The number of carbonyl (C=O) groups is 2. The number of piperidine rings is 1. The van der Waals surface area contributed by atoms with Crippen LogP contribution in [0.2, 0.25) is 0 Å². The Bertz CT molecular complexity index is 770. The molecule has 1 aliphatic carbocycles. The molecule has 1 saturated heterocycles. The molecule has 7 nitrogen and oxygen atoms in total. The molecule has 0 radical (unpaired) electrons. The van der Waals surface area contributed by atoms with E-state index in [0.29, 0.717) is 37.1 Å². The van der Waals surface area contributed by atoms with Gasteiger partial charge in [-0.1, -0.05) is 23.4 Å². The highest BCUT2D eigenvalue weighted by Gasteiger charge is 2.38. The van der Waals surface area contributed by atoms with Crippen LogP contribution in [-0.4, -0.2) is 39.4 Å². The molecule has 2 fully saturated rings. The van der Waals surface area contributed by atoms with E-state index in [1.165, 1.54) is 0 Å². The van der Waals surface area contributed by atoms with Crippen molar-refractivity contribution in [2.24, 2.45) is 5.92 Å². The van der Waals surface area contributed by atoms with Crippen LogP contribution in [0.4, 0.5) is 0 Å². The number of nitrogens with one attached hydrogen (secondary N) is 1. The van der Waals surface area contributed by atoms with Gasteiger partial charge in [-0.3, -0.25) is 9.59 Å². The summed E-state index contributed by atoms with van der Waals surface area (Å²) in [5, 5.41) is 6.78. The summed E-state index contributed by atoms with van der Waals surface area (Å²) in [6.45, 7) is 0.750. The largest absolute Gasteiger partial charge is 0.348 e. The molecule has 7 heteroatoms. The van der Waals surface area contributed by atoms with Crippen LogP contribution in [0, 0.1) is 5.92 Å². The Morgan fingerprint density at radius 3 is 2.80 bits per heavy atom. The van der Waals surface area contributed by atoms with E-state index in [1.54, 1.807) is 0 Å². The van der Waals surface area contributed by atoms with Gasteiger partial charge in [0, 0.05) is 24.6 Å². The van der Waals surface area contributed by atoms with Gasteiger partial charge in [0.25, 0.3) is 5.89 Å². The quantitative estimate of drug-likeness (QED) is 0.896. The van der Waals surface area contributed by atoms with Crippen LogP contribution in [0.3, 0.4) is 0 Å². The van der Waals surface area contributed by atoms with Gasteiger partial charge in [-0.05, 0) is 31.4 Å². The summed E-state index contributed by atoms with van der Waals surface area (Å²) >= 11 is 0. The van der Waals surface area contributed by atoms with E-state index in [4.69, 9.17) is 4.52 Å². The predicted octanol–water partition coefficient (Wildman–Crippen LogP) is 1.75. The lowest BCUT2D eigenvalue weighted by molar-refractivity contribution is -0.138. The van der Waals surface area contributed by atoms with E-state index in [0.717, 1.165) is 18.4 Å². The molecule has 1 atom stereocenters. The molecule has 0 unspecified atom stereocenters. The first-order chi connectivity index (χ1) is 12.2. The maximum Gasteiger partial charge on any atom is 0.257 e. The van der Waals surface area contributed by atoms with E-state index in [1.807, 2.05) is 35.2 Å². The second-order valence-electron chi connectivity index (χ2n) is 6.61. The molecular formula is C18H20N4O3. The van der Waals surface area contributed by atoms with Crippen LogP contribution in [0.1, 0.15) is 31.5 Å². The average molecular weight is 340 g/mol. The number of amides is 2. The van der Waals surface area contributed by atoms with Gasteiger partial charge in [0.05, 0.1) is 12.5 Å². The highest BCUT2D eigenvalue weighted by molar-refractivity contribution is 5.84. The van der Waals surface area contributed by atoms with Crippen molar-refractivity contribution >= 4 is 11.8 Å². The Balaban J connectivity index is 1.33. The molecule has 1 N–H and O–H groups in total. The van der Waals surface area contributed by atoms with Crippen LogP contribution < -0.4 is 5.32 Å². The number of hydrogen-bond acceptors (Lipinski definition) is 5. The highest BCUT2D eigenvalue weighted by atomic mass is 16.5. The maximum absolute atomic E-state index is 12.4. The standard InChI is InChI=1S/C18H20N4O3/c23-16-9-6-13(11-22(16)14-7-8-14)17(24)19-10-15-20-18(25-21-15)12-4-2-1-3-5-12/h1-5,13-14H,6-11H2,(H,19,24)/t13-/m1/s1. The number of benzene rings is 1. The van der Waals surface area contributed by atoms with Gasteiger partial charge in [-0.25, -0.2) is 0 Å². The van der Waals surface area contributed by atoms with Crippen molar-refractivity contribution in [2.45, 2.75) is 38.3 Å². The molecule has 2 heterocycles. The number of likely N-dealkylation sites (tertiary alicyclic amines) is 1. The summed E-state index contributed by atoms with van der Waals surface area (Å²) in [4.78, 5) is 30.5. The van der Waals surface area contributed by atoms with E-state index in [2.05, 4.69) is 15.5 Å². The van der Waals surface area contributed by atoms with Crippen LogP contribution in [0.5, 0.6) is 0 Å². The minimum absolute atomic E-state index is 0.0517. The molecule has 1 aliphatic heterocycles. The zero-order valence-corrected chi connectivity index (χ0v) is 13.9. The van der Waals surface area contributed by atoms with Gasteiger partial charge in [0.15, 0.2) is 5.82 Å². The van der Waals surface area contributed by atoms with Gasteiger partial charge >= 0.3 is 0 Å². The minimum Gasteiger partial charge on any atom is -0.348 e. The first-order valence-corrected chi connectivity index (χ1v) is 8.66. The van der Waals surface area contributed by atoms with Gasteiger partial charge in [0.1, 0.15) is 0 Å². The van der Waals surface area contributed by atoms with Crippen molar-refractivity contribution in [3.63, 3.8) is 0 Å². The molecule has 130 valence electrons. The molecular weight excluding hydrogens is 320 g/mol. The Morgan fingerprint density at radius 2 is 2.04 bits per heavy atom. The van der Waals surface area contributed by atoms with Crippen molar-refractivity contribution in [1.82, 2.24) is 20.4 Å². The van der Waals surface area contributed by atoms with E-state index < -0.39 is 0 Å². The van der Waals surface area contributed by atoms with Gasteiger partial charge in [0.2, 0.25) is 11.8 Å². The minimum atomic E-state index is -0.154. The lowest BCUT2D eigenvalue weighted by atomic mass is 9.96. The third kappa shape index (κ3) is 3.55. The molecule has 2 amide bonds. The molecule has 25 heavy (non-hydrogen) atoms. The van der Waals surface area contributed by atoms with Crippen LogP contribution in [0.15, 0.2) is 34.9 Å². The average Bonchev–Trinajstić information content (AvgIpc) is 3.38. The molecule has 2 aliphatic rings. The normalized spacial score (nSPS) is 20.6. The maximum atomic E-state index is 12.4. The Labute approximate surface area is 145 Å². The van der Waals surface area contributed by atoms with Crippen LogP contribution in [0.25, 0.3) is 11.5 Å². The molecule has 4 rings (SSSR count). The fraction of sp³-hybridized carbons (Fsp3) is 0.444. The summed E-state index contributed by atoms with van der Waals surface area (Å²) in [6.07, 6.45) is 3.18. The van der Waals surface area contributed by atoms with Crippen molar-refractivity contribution in [1.29, 1.82) is 0 Å². The molecule has 2 aromatic rings. The second-order valence-corrected chi connectivity index (χ2v) is 6.61. The van der Waals surface area contributed by atoms with Crippen molar-refractivity contribution in [2.75, 3.05) is 6.54 Å². The first kappa shape index (κ1) is 15.8. The lowest BCUT2D eigenvalue weighted by Crippen LogP contribution is -2.46. The Kier molecular flexibility index (Phi) is 4.21. The van der Waals surface area contributed by atoms with E-state index in [-0.39, 0.29) is 24.3 Å². The Morgan fingerprint density at radius 1 is 1.24 bits per heavy atom. The monoisotopic (exact) mass is 340 g/mol. The highest BCUT2D eigenvalue weighted by Crippen LogP contribution is 2.31. The Hall–Kier alpha value is -2.70. The number of carbonyl (C=O) groups excluding carboxylic acids is 2. The number of aromatic nitrogens is 2. The topological polar surface area (TPSA) is 88.3 Å². The number of nitrogens with zero attached hydrogens (tertiary/aromatic N) is 3. The summed E-state index contributed by atoms with van der Waals surface area (Å²) in [5.41, 5.74) is 0.846. The van der Waals surface area contributed by atoms with E-state index >= 15 is 0 Å². The summed E-state index contributed by atoms with van der Waals surface area (Å²) in [6, 6.07) is 9.85. The summed E-state index contributed by atoms with van der Waals surface area (Å²) in [7, 11) is 0. The van der Waals surface area contributed by atoms with E-state index in [9.17, 15) is 9.59 Å². The SMILES string of the molecule is O=C(NCc1noc(-c2ccccc2)n1)[C@@H]1CCC(=O)N(C2CC2)C1. The first-order valence-electron chi connectivity index (χ1n) is 8.66. The molecule has 0 bridgehead atoms. The molecule has 1 aromatic heterocycles. The predicted molar refractivity (Wildman–Crippen MR) is 89.0 cm³/mol. The zero-order chi connectivity index (χ0) is 17.2. The van der Waals surface area contributed by atoms with Gasteiger partial charge < -0.3 is 14.7 Å². The lowest BCUT2D eigenvalue weighted by Gasteiger charge is -2.31.